The third-order valence-electron chi connectivity index (χ3n) is 4.24. The van der Waals surface area contributed by atoms with Crippen molar-refractivity contribution in [1.82, 2.24) is 0 Å². The van der Waals surface area contributed by atoms with Gasteiger partial charge in [-0.2, -0.15) is 0 Å². The van der Waals surface area contributed by atoms with Gasteiger partial charge in [0.15, 0.2) is 6.61 Å². The molecule has 0 radical (unpaired) electrons. The third kappa shape index (κ3) is 3.34. The Kier molecular flexibility index (Phi) is 4.95. The summed E-state index contributed by atoms with van der Waals surface area (Å²) in [6.45, 7) is 2.70. The van der Waals surface area contributed by atoms with Crippen LogP contribution in [0.4, 0.5) is 5.69 Å². The summed E-state index contributed by atoms with van der Waals surface area (Å²) in [5.74, 6) is 1.23. The molecule has 126 valence electrons. The maximum Gasteiger partial charge on any atom is 0.265 e. The van der Waals surface area contributed by atoms with Gasteiger partial charge in [-0.1, -0.05) is 23.7 Å². The van der Waals surface area contributed by atoms with Gasteiger partial charge in [-0.15, -0.1) is 0 Å². The van der Waals surface area contributed by atoms with Crippen LogP contribution in [0.5, 0.6) is 11.5 Å². The SMILES string of the molecule is COc1ccc(C)c2c1N(C(=O)COc1cccc(Cl)c1)CCC2. The maximum atomic E-state index is 12.7. The van der Waals surface area contributed by atoms with E-state index in [1.807, 2.05) is 12.1 Å². The smallest absolute Gasteiger partial charge is 0.265 e. The largest absolute Gasteiger partial charge is 0.495 e. The second-order valence-electron chi connectivity index (χ2n) is 5.81. The van der Waals surface area contributed by atoms with Gasteiger partial charge in [0, 0.05) is 11.6 Å². The minimum atomic E-state index is -0.0835. The minimum absolute atomic E-state index is 0.0309. The molecule has 0 bridgehead atoms. The summed E-state index contributed by atoms with van der Waals surface area (Å²) in [6.07, 6.45) is 1.89. The first-order chi connectivity index (χ1) is 11.6. The number of rotatable bonds is 4. The van der Waals surface area contributed by atoms with Gasteiger partial charge in [0.25, 0.3) is 5.91 Å². The highest BCUT2D eigenvalue weighted by atomic mass is 35.5. The second-order valence-corrected chi connectivity index (χ2v) is 6.24. The summed E-state index contributed by atoms with van der Waals surface area (Å²) < 4.78 is 11.1. The Bertz CT molecular complexity index is 760. The molecule has 0 aromatic heterocycles. The van der Waals surface area contributed by atoms with Crippen LogP contribution < -0.4 is 14.4 Å². The average Bonchev–Trinajstić information content (AvgIpc) is 2.60. The first kappa shape index (κ1) is 16.7. The van der Waals surface area contributed by atoms with E-state index in [1.54, 1.807) is 36.3 Å². The van der Waals surface area contributed by atoms with E-state index < -0.39 is 0 Å². The number of hydrogen-bond donors (Lipinski definition) is 0. The normalized spacial score (nSPS) is 13.4. The highest BCUT2D eigenvalue weighted by Gasteiger charge is 2.27. The van der Waals surface area contributed by atoms with Crippen LogP contribution in [-0.4, -0.2) is 26.2 Å². The van der Waals surface area contributed by atoms with E-state index in [2.05, 4.69) is 6.92 Å². The van der Waals surface area contributed by atoms with Crippen molar-refractivity contribution >= 4 is 23.2 Å². The highest BCUT2D eigenvalue weighted by Crippen LogP contribution is 2.38. The van der Waals surface area contributed by atoms with Crippen molar-refractivity contribution in [1.29, 1.82) is 0 Å². The zero-order chi connectivity index (χ0) is 17.1. The Labute approximate surface area is 146 Å². The molecule has 4 nitrogen and oxygen atoms in total. The lowest BCUT2D eigenvalue weighted by Crippen LogP contribution is -2.39. The molecule has 24 heavy (non-hydrogen) atoms. The summed E-state index contributed by atoms with van der Waals surface area (Å²) in [7, 11) is 1.63. The Balaban J connectivity index is 1.81. The quantitative estimate of drug-likeness (QED) is 0.840. The average molecular weight is 346 g/mol. The number of ether oxygens (including phenoxy) is 2. The van der Waals surface area contributed by atoms with Gasteiger partial charge in [-0.3, -0.25) is 4.79 Å². The van der Waals surface area contributed by atoms with Crippen LogP contribution in [0.15, 0.2) is 36.4 Å². The number of carbonyl (C=O) groups excluding carboxylic acids is 1. The van der Waals surface area contributed by atoms with E-state index in [1.165, 1.54) is 11.1 Å². The lowest BCUT2D eigenvalue weighted by molar-refractivity contribution is -0.120. The number of nitrogens with zero attached hydrogens (tertiary/aromatic N) is 1. The van der Waals surface area contributed by atoms with Gasteiger partial charge >= 0.3 is 0 Å². The predicted molar refractivity (Wildman–Crippen MR) is 95.4 cm³/mol. The second kappa shape index (κ2) is 7.14. The van der Waals surface area contributed by atoms with Crippen molar-refractivity contribution < 1.29 is 14.3 Å². The highest BCUT2D eigenvalue weighted by molar-refractivity contribution is 6.30. The Morgan fingerprint density at radius 1 is 1.29 bits per heavy atom. The van der Waals surface area contributed by atoms with Crippen LogP contribution in [0, 0.1) is 6.92 Å². The topological polar surface area (TPSA) is 38.8 Å². The molecule has 3 rings (SSSR count). The summed E-state index contributed by atoms with van der Waals surface area (Å²) in [4.78, 5) is 14.5. The van der Waals surface area contributed by atoms with Crippen molar-refractivity contribution in [3.8, 4) is 11.5 Å². The number of aryl methyl sites for hydroxylation is 1. The summed E-state index contributed by atoms with van der Waals surface area (Å²) in [5, 5.41) is 0.584. The molecule has 1 aliphatic rings. The number of anilines is 1. The summed E-state index contributed by atoms with van der Waals surface area (Å²) >= 11 is 5.94. The van der Waals surface area contributed by atoms with Crippen molar-refractivity contribution in [2.45, 2.75) is 19.8 Å². The number of hydrogen-bond acceptors (Lipinski definition) is 3. The molecule has 0 fully saturated rings. The number of carbonyl (C=O) groups is 1. The van der Waals surface area contributed by atoms with Crippen molar-refractivity contribution in [3.63, 3.8) is 0 Å². The maximum absolute atomic E-state index is 12.7. The monoisotopic (exact) mass is 345 g/mol. The summed E-state index contributed by atoms with van der Waals surface area (Å²) in [6, 6.07) is 11.0. The van der Waals surface area contributed by atoms with Crippen molar-refractivity contribution in [3.05, 3.63) is 52.5 Å². The van der Waals surface area contributed by atoms with Crippen LogP contribution in [0.3, 0.4) is 0 Å². The predicted octanol–water partition coefficient (Wildman–Crippen LogP) is 4.02. The van der Waals surface area contributed by atoms with E-state index in [4.69, 9.17) is 21.1 Å². The van der Waals surface area contributed by atoms with Crippen LogP contribution in [0.1, 0.15) is 17.5 Å². The molecule has 0 saturated carbocycles. The van der Waals surface area contributed by atoms with E-state index in [0.717, 1.165) is 24.3 Å². The number of fused-ring (bicyclic) bond motifs is 1. The Morgan fingerprint density at radius 3 is 2.88 bits per heavy atom. The first-order valence-electron chi connectivity index (χ1n) is 7.95. The molecule has 1 heterocycles. The van der Waals surface area contributed by atoms with Gasteiger partial charge in [0.1, 0.15) is 11.5 Å². The number of benzene rings is 2. The van der Waals surface area contributed by atoms with Crippen LogP contribution >= 0.6 is 11.6 Å². The molecule has 0 aliphatic carbocycles. The number of amides is 1. The standard InChI is InChI=1S/C19H20ClNO3/c1-13-8-9-17(23-2)19-16(13)7-4-10-21(19)18(22)12-24-15-6-3-5-14(20)11-15/h3,5-6,8-9,11H,4,7,10,12H2,1-2H3. The Morgan fingerprint density at radius 2 is 2.12 bits per heavy atom. The Hall–Kier alpha value is -2.20. The van der Waals surface area contributed by atoms with Gasteiger partial charge < -0.3 is 14.4 Å². The molecular formula is C19H20ClNO3. The molecular weight excluding hydrogens is 326 g/mol. The van der Waals surface area contributed by atoms with Crippen molar-refractivity contribution in [2.75, 3.05) is 25.2 Å². The van der Waals surface area contributed by atoms with E-state index in [0.29, 0.717) is 17.3 Å². The fourth-order valence-electron chi connectivity index (χ4n) is 3.05. The minimum Gasteiger partial charge on any atom is -0.495 e. The molecule has 1 aliphatic heterocycles. The zero-order valence-electron chi connectivity index (χ0n) is 13.8. The van der Waals surface area contributed by atoms with Gasteiger partial charge in [-0.05, 0) is 55.2 Å². The number of halogens is 1. The molecule has 2 aromatic carbocycles. The van der Waals surface area contributed by atoms with Crippen LogP contribution in [-0.2, 0) is 11.2 Å². The zero-order valence-corrected chi connectivity index (χ0v) is 14.6. The molecule has 0 N–H and O–H groups in total. The lowest BCUT2D eigenvalue weighted by atomic mass is 9.96. The van der Waals surface area contributed by atoms with Gasteiger partial charge in [0.2, 0.25) is 0 Å². The van der Waals surface area contributed by atoms with Gasteiger partial charge in [-0.25, -0.2) is 0 Å². The molecule has 0 atom stereocenters. The molecule has 0 spiro atoms. The van der Waals surface area contributed by atoms with Crippen molar-refractivity contribution in [2.24, 2.45) is 0 Å². The van der Waals surface area contributed by atoms with E-state index >= 15 is 0 Å². The van der Waals surface area contributed by atoms with Crippen LogP contribution in [0.25, 0.3) is 0 Å². The molecule has 2 aromatic rings. The fourth-order valence-corrected chi connectivity index (χ4v) is 3.23. The molecule has 1 amide bonds. The third-order valence-corrected chi connectivity index (χ3v) is 4.47. The lowest BCUT2D eigenvalue weighted by Gasteiger charge is -2.32. The number of methoxy groups -OCH3 is 1. The molecule has 0 unspecified atom stereocenters. The van der Waals surface area contributed by atoms with Crippen LogP contribution in [0.2, 0.25) is 5.02 Å². The van der Waals surface area contributed by atoms with E-state index in [-0.39, 0.29) is 12.5 Å². The van der Waals surface area contributed by atoms with Gasteiger partial charge in [0.05, 0.1) is 12.8 Å². The fraction of sp³-hybridized carbons (Fsp3) is 0.316. The summed E-state index contributed by atoms with van der Waals surface area (Å²) in [5.41, 5.74) is 3.24. The van der Waals surface area contributed by atoms with E-state index in [9.17, 15) is 4.79 Å². The first-order valence-corrected chi connectivity index (χ1v) is 8.33. The molecule has 5 heteroatoms. The molecule has 0 saturated heterocycles.